The third-order valence-corrected chi connectivity index (χ3v) is 12.3. The summed E-state index contributed by atoms with van der Waals surface area (Å²) in [7, 11) is 0. The number of hydrogen-bond donors (Lipinski definition) is 2. The van der Waals surface area contributed by atoms with Gasteiger partial charge < -0.3 is 10.6 Å². The smallest absolute Gasteiger partial charge is 0.109 e. The molecule has 0 radical (unpaired) electrons. The minimum Gasteiger partial charge on any atom is -0.378 e. The molecule has 3 fully saturated rings. The molecule has 7 rings (SSSR count). The van der Waals surface area contributed by atoms with Crippen LogP contribution in [0.5, 0.6) is 0 Å². The first-order chi connectivity index (χ1) is 24.0. The van der Waals surface area contributed by atoms with Crippen molar-refractivity contribution in [2.45, 2.75) is 116 Å². The molecule has 2 bridgehead atoms. The largest absolute Gasteiger partial charge is 0.378 e. The van der Waals surface area contributed by atoms with E-state index in [-0.39, 0.29) is 17.1 Å². The van der Waals surface area contributed by atoms with Crippen LogP contribution in [0.25, 0.3) is 10.9 Å². The summed E-state index contributed by atoms with van der Waals surface area (Å²) in [5.74, 6) is 2.30. The molecule has 0 amide bonds. The number of aromatic nitrogens is 4. The number of benzene rings is 2. The average molecular weight is 693 g/mol. The monoisotopic (exact) mass is 692 g/mol. The molecule has 5 atom stereocenters. The fraction of sp³-hybridized carbons (Fsp3) is 0.561. The molecule has 50 heavy (non-hydrogen) atoms. The maximum absolute atomic E-state index is 10.4. The SMILES string of the molecule is CCC1(Nc2c(C#N)cnc3c(Cl)cc(N[C@@H](c4ccccc4)c4cn(C5CCN(C(C)(C)C)CC5)nn4)cc23)CCC2CC(C)CC(C2)C1. The lowest BCUT2D eigenvalue weighted by Crippen LogP contribution is -2.46. The van der Waals surface area contributed by atoms with Gasteiger partial charge in [0.05, 0.1) is 40.1 Å². The number of piperidine rings is 1. The molecule has 264 valence electrons. The van der Waals surface area contributed by atoms with Crippen molar-refractivity contribution >= 4 is 33.9 Å². The Morgan fingerprint density at radius 2 is 1.82 bits per heavy atom. The Labute approximate surface area is 303 Å². The molecular formula is C41H53ClN8. The van der Waals surface area contributed by atoms with E-state index in [2.05, 4.69) is 103 Å². The molecule has 3 aliphatic rings. The van der Waals surface area contributed by atoms with Gasteiger partial charge in [0.1, 0.15) is 11.8 Å². The number of fused-ring (bicyclic) bond motifs is 3. The lowest BCUT2D eigenvalue weighted by Gasteiger charge is -2.40. The maximum Gasteiger partial charge on any atom is 0.109 e. The van der Waals surface area contributed by atoms with Crippen LogP contribution in [0.3, 0.4) is 0 Å². The highest BCUT2D eigenvalue weighted by Crippen LogP contribution is 2.47. The Bertz CT molecular complexity index is 1830. The fourth-order valence-electron chi connectivity index (χ4n) is 9.33. The molecule has 1 aliphatic heterocycles. The van der Waals surface area contributed by atoms with Crippen molar-refractivity contribution in [3.63, 3.8) is 0 Å². The number of nitrogens with zero attached hydrogens (tertiary/aromatic N) is 6. The van der Waals surface area contributed by atoms with Gasteiger partial charge in [0.2, 0.25) is 0 Å². The first kappa shape index (κ1) is 34.8. The van der Waals surface area contributed by atoms with Crippen LogP contribution in [0.15, 0.2) is 54.9 Å². The topological polar surface area (TPSA) is 94.7 Å². The number of hydrogen-bond acceptors (Lipinski definition) is 7. The highest BCUT2D eigenvalue weighted by molar-refractivity contribution is 6.35. The Hall–Kier alpha value is -3.67. The van der Waals surface area contributed by atoms with Gasteiger partial charge in [0.25, 0.3) is 0 Å². The highest BCUT2D eigenvalue weighted by Gasteiger charge is 2.40. The molecular weight excluding hydrogens is 640 g/mol. The molecule has 4 unspecified atom stereocenters. The molecule has 2 aliphatic carbocycles. The summed E-state index contributed by atoms with van der Waals surface area (Å²) in [4.78, 5) is 7.25. The number of anilines is 2. The fourth-order valence-corrected chi connectivity index (χ4v) is 9.60. The van der Waals surface area contributed by atoms with Crippen LogP contribution >= 0.6 is 11.6 Å². The first-order valence-electron chi connectivity index (χ1n) is 18.8. The predicted octanol–water partition coefficient (Wildman–Crippen LogP) is 9.79. The Balaban J connectivity index is 1.22. The van der Waals surface area contributed by atoms with Crippen molar-refractivity contribution in [2.75, 3.05) is 23.7 Å². The van der Waals surface area contributed by atoms with E-state index in [1.807, 2.05) is 12.1 Å². The molecule has 4 aromatic rings. The third kappa shape index (κ3) is 7.22. The van der Waals surface area contributed by atoms with Crippen LogP contribution in [0.4, 0.5) is 11.4 Å². The minimum absolute atomic E-state index is 0.0760. The van der Waals surface area contributed by atoms with Gasteiger partial charge in [0, 0.05) is 41.4 Å². The number of nitrogens with one attached hydrogen (secondary N) is 2. The summed E-state index contributed by atoms with van der Waals surface area (Å²) in [6.45, 7) is 13.7. The number of rotatable bonds is 8. The normalized spacial score (nSPS) is 25.5. The second-order valence-electron chi connectivity index (χ2n) is 16.6. The third-order valence-electron chi connectivity index (χ3n) is 12.0. The molecule has 9 heteroatoms. The zero-order valence-corrected chi connectivity index (χ0v) is 31.2. The van der Waals surface area contributed by atoms with Gasteiger partial charge >= 0.3 is 0 Å². The molecule has 2 aromatic carbocycles. The maximum atomic E-state index is 10.4. The molecule has 8 nitrogen and oxygen atoms in total. The average Bonchev–Trinajstić information content (AvgIpc) is 3.55. The van der Waals surface area contributed by atoms with Gasteiger partial charge in [-0.3, -0.25) is 9.88 Å². The van der Waals surface area contributed by atoms with E-state index in [9.17, 15) is 5.26 Å². The number of likely N-dealkylation sites (tertiary alicyclic amines) is 1. The van der Waals surface area contributed by atoms with E-state index < -0.39 is 0 Å². The quantitative estimate of drug-likeness (QED) is 0.190. The van der Waals surface area contributed by atoms with Gasteiger partial charge in [-0.15, -0.1) is 5.10 Å². The highest BCUT2D eigenvalue weighted by atomic mass is 35.5. The second-order valence-corrected chi connectivity index (χ2v) is 17.0. The van der Waals surface area contributed by atoms with Gasteiger partial charge in [-0.25, -0.2) is 4.68 Å². The van der Waals surface area contributed by atoms with Crippen LogP contribution in [0, 0.1) is 29.1 Å². The first-order valence-corrected chi connectivity index (χ1v) is 19.2. The van der Waals surface area contributed by atoms with Crippen molar-refractivity contribution in [2.24, 2.45) is 17.8 Å². The standard InChI is InChI=1S/C41H53ClN8/c1-6-41(15-12-28-18-27(2)19-29(20-28)23-41)46-37-31(24-43)25-44-39-34(37)21-32(22-35(39)42)45-38(30-10-8-7-9-11-30)36-26-50(48-47-36)33-13-16-49(17-14-33)40(3,4)5/h7-11,21-22,25-29,33,38,45H,6,12-20,23H2,1-5H3,(H,44,46)/t27?,28?,29?,38-,41?/m0/s1. The number of halogens is 1. The predicted molar refractivity (Wildman–Crippen MR) is 203 cm³/mol. The zero-order valence-electron chi connectivity index (χ0n) is 30.4. The summed E-state index contributed by atoms with van der Waals surface area (Å²) in [6.07, 6.45) is 14.3. The van der Waals surface area contributed by atoms with E-state index in [0.717, 1.165) is 85.0 Å². The van der Waals surface area contributed by atoms with Crippen LogP contribution < -0.4 is 10.6 Å². The Morgan fingerprint density at radius 1 is 1.06 bits per heavy atom. The van der Waals surface area contributed by atoms with Gasteiger partial charge in [0.15, 0.2) is 0 Å². The lowest BCUT2D eigenvalue weighted by molar-refractivity contribution is 0.0866. The zero-order chi connectivity index (χ0) is 35.0. The van der Waals surface area contributed by atoms with E-state index in [1.54, 1.807) is 6.20 Å². The minimum atomic E-state index is -0.248. The van der Waals surface area contributed by atoms with Gasteiger partial charge in [-0.1, -0.05) is 61.0 Å². The van der Waals surface area contributed by atoms with Crippen molar-refractivity contribution in [1.29, 1.82) is 5.26 Å². The summed E-state index contributed by atoms with van der Waals surface area (Å²) in [5, 5.41) is 29.0. The summed E-state index contributed by atoms with van der Waals surface area (Å²) < 4.78 is 2.07. The Kier molecular flexibility index (Phi) is 9.84. The van der Waals surface area contributed by atoms with Gasteiger partial charge in [-0.05, 0) is 114 Å². The molecule has 2 aromatic heterocycles. The second kappa shape index (κ2) is 14.2. The Morgan fingerprint density at radius 3 is 2.54 bits per heavy atom. The number of nitriles is 1. The van der Waals surface area contributed by atoms with Crippen LogP contribution in [-0.4, -0.2) is 49.0 Å². The summed E-state index contributed by atoms with van der Waals surface area (Å²) in [6, 6.07) is 17.0. The number of pyridine rings is 1. The van der Waals surface area contributed by atoms with E-state index in [0.29, 0.717) is 28.1 Å². The van der Waals surface area contributed by atoms with Crippen molar-refractivity contribution < 1.29 is 0 Å². The van der Waals surface area contributed by atoms with E-state index in [4.69, 9.17) is 21.7 Å². The van der Waals surface area contributed by atoms with Crippen LogP contribution in [0.2, 0.25) is 5.02 Å². The summed E-state index contributed by atoms with van der Waals surface area (Å²) in [5.41, 5.74) is 4.99. The molecule has 3 heterocycles. The van der Waals surface area contributed by atoms with Crippen molar-refractivity contribution in [1.82, 2.24) is 24.9 Å². The van der Waals surface area contributed by atoms with Crippen LogP contribution in [-0.2, 0) is 0 Å². The van der Waals surface area contributed by atoms with Crippen LogP contribution in [0.1, 0.15) is 121 Å². The van der Waals surface area contributed by atoms with Crippen molar-refractivity contribution in [3.8, 4) is 6.07 Å². The van der Waals surface area contributed by atoms with E-state index >= 15 is 0 Å². The molecule has 2 N–H and O–H groups in total. The lowest BCUT2D eigenvalue weighted by atomic mass is 9.74. The molecule has 2 saturated carbocycles. The van der Waals surface area contributed by atoms with Gasteiger partial charge in [-0.2, -0.15) is 5.26 Å². The molecule has 1 saturated heterocycles. The van der Waals surface area contributed by atoms with E-state index in [1.165, 1.54) is 25.7 Å². The summed E-state index contributed by atoms with van der Waals surface area (Å²) >= 11 is 7.03. The van der Waals surface area contributed by atoms with Crippen molar-refractivity contribution in [3.05, 3.63) is 76.7 Å². The molecule has 0 spiro atoms.